The second kappa shape index (κ2) is 6.55. The second-order valence-electron chi connectivity index (χ2n) is 5.70. The quantitative estimate of drug-likeness (QED) is 0.870. The van der Waals surface area contributed by atoms with Crippen LogP contribution in [-0.2, 0) is 13.6 Å². The Balaban J connectivity index is 1.56. The summed E-state index contributed by atoms with van der Waals surface area (Å²) in [6.45, 7) is 4.20. The number of benzene rings is 1. The third-order valence-electron chi connectivity index (χ3n) is 4.12. The molecule has 2 heterocycles. The molecule has 1 aromatic carbocycles. The topological polar surface area (TPSA) is 28.5 Å². The molecule has 2 aromatic rings. The first kappa shape index (κ1) is 15.1. The lowest BCUT2D eigenvalue weighted by molar-refractivity contribution is 0.0619. The molecule has 0 spiro atoms. The maximum atomic E-state index is 12.5. The molecule has 0 radical (unpaired) electrons. The Morgan fingerprint density at radius 1 is 1.14 bits per heavy atom. The van der Waals surface area contributed by atoms with E-state index in [9.17, 15) is 4.79 Å². The van der Waals surface area contributed by atoms with E-state index in [-0.39, 0.29) is 5.91 Å². The minimum absolute atomic E-state index is 0.120. The molecule has 4 nitrogen and oxygen atoms in total. The van der Waals surface area contributed by atoms with Crippen LogP contribution in [0.25, 0.3) is 0 Å². The van der Waals surface area contributed by atoms with E-state index < -0.39 is 0 Å². The van der Waals surface area contributed by atoms with Crippen molar-refractivity contribution in [2.45, 2.75) is 6.54 Å². The van der Waals surface area contributed by atoms with Gasteiger partial charge in [-0.1, -0.05) is 23.7 Å². The summed E-state index contributed by atoms with van der Waals surface area (Å²) in [6, 6.07) is 11.7. The maximum absolute atomic E-state index is 12.5. The Morgan fingerprint density at radius 2 is 1.91 bits per heavy atom. The number of halogens is 1. The van der Waals surface area contributed by atoms with Crippen molar-refractivity contribution in [2.75, 3.05) is 26.2 Å². The molecule has 5 heteroatoms. The molecule has 3 rings (SSSR count). The molecule has 1 aliphatic rings. The van der Waals surface area contributed by atoms with Crippen molar-refractivity contribution in [3.63, 3.8) is 0 Å². The Kier molecular flexibility index (Phi) is 4.50. The molecule has 0 N–H and O–H groups in total. The number of carbonyl (C=O) groups excluding carboxylic acids is 1. The van der Waals surface area contributed by atoms with Gasteiger partial charge in [-0.2, -0.15) is 0 Å². The number of amides is 1. The molecule has 22 heavy (non-hydrogen) atoms. The van der Waals surface area contributed by atoms with Crippen molar-refractivity contribution in [1.29, 1.82) is 0 Å². The van der Waals surface area contributed by atoms with Crippen LogP contribution in [0.1, 0.15) is 16.1 Å². The SMILES string of the molecule is Cn1cccc1C(=O)N1CCN(Cc2cccc(Cl)c2)CC1. The lowest BCUT2D eigenvalue weighted by atomic mass is 10.2. The lowest BCUT2D eigenvalue weighted by Crippen LogP contribution is -2.48. The summed E-state index contributed by atoms with van der Waals surface area (Å²) in [4.78, 5) is 16.8. The number of aryl methyl sites for hydroxylation is 1. The molecule has 1 fully saturated rings. The standard InChI is InChI=1S/C17H20ClN3O/c1-19-7-3-6-16(19)17(22)21-10-8-20(9-11-21)13-14-4-2-5-15(18)12-14/h2-7,12H,8-11,13H2,1H3. The number of hydrogen-bond donors (Lipinski definition) is 0. The highest BCUT2D eigenvalue weighted by Crippen LogP contribution is 2.15. The van der Waals surface area contributed by atoms with Crippen molar-refractivity contribution in [1.82, 2.24) is 14.4 Å². The van der Waals surface area contributed by atoms with E-state index in [0.29, 0.717) is 0 Å². The molecule has 0 unspecified atom stereocenters. The fourth-order valence-electron chi connectivity index (χ4n) is 2.85. The molecular formula is C17H20ClN3O. The smallest absolute Gasteiger partial charge is 0.270 e. The van der Waals surface area contributed by atoms with Crippen LogP contribution in [0.15, 0.2) is 42.6 Å². The minimum Gasteiger partial charge on any atom is -0.347 e. The molecule has 116 valence electrons. The third kappa shape index (κ3) is 3.34. The number of hydrogen-bond acceptors (Lipinski definition) is 2. The van der Waals surface area contributed by atoms with Crippen LogP contribution in [0, 0.1) is 0 Å². The lowest BCUT2D eigenvalue weighted by Gasteiger charge is -2.34. The molecule has 1 amide bonds. The van der Waals surface area contributed by atoms with Gasteiger partial charge < -0.3 is 9.47 Å². The van der Waals surface area contributed by atoms with E-state index in [1.807, 2.05) is 53.0 Å². The highest BCUT2D eigenvalue weighted by atomic mass is 35.5. The average Bonchev–Trinajstić information content (AvgIpc) is 2.93. The van der Waals surface area contributed by atoms with E-state index >= 15 is 0 Å². The van der Waals surface area contributed by atoms with Crippen LogP contribution in [-0.4, -0.2) is 46.5 Å². The van der Waals surface area contributed by atoms with Gasteiger partial charge >= 0.3 is 0 Å². The van der Waals surface area contributed by atoms with Crippen molar-refractivity contribution in [3.05, 3.63) is 58.9 Å². The second-order valence-corrected chi connectivity index (χ2v) is 6.14. The summed E-state index contributed by atoms with van der Waals surface area (Å²) >= 11 is 6.03. The first-order chi connectivity index (χ1) is 10.6. The van der Waals surface area contributed by atoms with Gasteiger partial charge in [-0.3, -0.25) is 9.69 Å². The largest absolute Gasteiger partial charge is 0.347 e. The summed E-state index contributed by atoms with van der Waals surface area (Å²) < 4.78 is 1.88. The number of nitrogens with zero attached hydrogens (tertiary/aromatic N) is 3. The fourth-order valence-corrected chi connectivity index (χ4v) is 3.06. The molecule has 1 saturated heterocycles. The van der Waals surface area contributed by atoms with Crippen LogP contribution in [0.4, 0.5) is 0 Å². The maximum Gasteiger partial charge on any atom is 0.270 e. The van der Waals surface area contributed by atoms with Gasteiger partial charge in [0.05, 0.1) is 0 Å². The van der Waals surface area contributed by atoms with Crippen molar-refractivity contribution in [2.24, 2.45) is 7.05 Å². The monoisotopic (exact) mass is 317 g/mol. The summed E-state index contributed by atoms with van der Waals surface area (Å²) in [5.74, 6) is 0.120. The normalized spacial score (nSPS) is 16.0. The highest BCUT2D eigenvalue weighted by molar-refractivity contribution is 6.30. The van der Waals surface area contributed by atoms with Crippen LogP contribution in [0.3, 0.4) is 0 Å². The Bertz CT molecular complexity index is 659. The predicted octanol–water partition coefficient (Wildman–Crippen LogP) is 2.64. The van der Waals surface area contributed by atoms with Gasteiger partial charge in [-0.15, -0.1) is 0 Å². The van der Waals surface area contributed by atoms with Crippen LogP contribution in [0.2, 0.25) is 5.02 Å². The fraction of sp³-hybridized carbons (Fsp3) is 0.353. The molecule has 1 aliphatic heterocycles. The summed E-state index contributed by atoms with van der Waals surface area (Å²) in [6.07, 6.45) is 1.91. The van der Waals surface area contributed by atoms with Gasteiger partial charge in [0.15, 0.2) is 0 Å². The molecule has 0 saturated carbocycles. The van der Waals surface area contributed by atoms with E-state index in [1.165, 1.54) is 5.56 Å². The van der Waals surface area contributed by atoms with Gasteiger partial charge in [0.2, 0.25) is 0 Å². The van der Waals surface area contributed by atoms with Crippen LogP contribution < -0.4 is 0 Å². The first-order valence-electron chi connectivity index (χ1n) is 7.51. The average molecular weight is 318 g/mol. The van der Waals surface area contributed by atoms with E-state index in [2.05, 4.69) is 11.0 Å². The zero-order chi connectivity index (χ0) is 15.5. The Labute approximate surface area is 135 Å². The Morgan fingerprint density at radius 3 is 2.55 bits per heavy atom. The van der Waals surface area contributed by atoms with Gasteiger partial charge in [-0.25, -0.2) is 0 Å². The van der Waals surface area contributed by atoms with E-state index in [0.717, 1.165) is 43.4 Å². The zero-order valence-corrected chi connectivity index (χ0v) is 13.5. The molecule has 1 aromatic heterocycles. The summed E-state index contributed by atoms with van der Waals surface area (Å²) in [5.41, 5.74) is 1.97. The van der Waals surface area contributed by atoms with Gasteiger partial charge in [0.25, 0.3) is 5.91 Å². The van der Waals surface area contributed by atoms with Crippen LogP contribution >= 0.6 is 11.6 Å². The number of carbonyl (C=O) groups is 1. The summed E-state index contributed by atoms with van der Waals surface area (Å²) in [7, 11) is 1.91. The highest BCUT2D eigenvalue weighted by Gasteiger charge is 2.23. The van der Waals surface area contributed by atoms with Gasteiger partial charge in [0, 0.05) is 51.0 Å². The third-order valence-corrected chi connectivity index (χ3v) is 4.35. The Hall–Kier alpha value is -1.78. The number of rotatable bonds is 3. The molecule has 0 bridgehead atoms. The van der Waals surface area contributed by atoms with Gasteiger partial charge in [-0.05, 0) is 29.8 Å². The van der Waals surface area contributed by atoms with Crippen molar-refractivity contribution >= 4 is 17.5 Å². The molecule has 0 aliphatic carbocycles. The van der Waals surface area contributed by atoms with Crippen molar-refractivity contribution < 1.29 is 4.79 Å². The zero-order valence-electron chi connectivity index (χ0n) is 12.7. The van der Waals surface area contributed by atoms with Gasteiger partial charge in [0.1, 0.15) is 5.69 Å². The first-order valence-corrected chi connectivity index (χ1v) is 7.89. The predicted molar refractivity (Wildman–Crippen MR) is 88.0 cm³/mol. The van der Waals surface area contributed by atoms with Crippen LogP contribution in [0.5, 0.6) is 0 Å². The molecular weight excluding hydrogens is 298 g/mol. The van der Waals surface area contributed by atoms with Crippen molar-refractivity contribution in [3.8, 4) is 0 Å². The minimum atomic E-state index is 0.120. The number of aromatic nitrogens is 1. The molecule has 0 atom stereocenters. The van der Waals surface area contributed by atoms with E-state index in [1.54, 1.807) is 0 Å². The summed E-state index contributed by atoms with van der Waals surface area (Å²) in [5, 5.41) is 0.773. The number of piperazine rings is 1. The van der Waals surface area contributed by atoms with E-state index in [4.69, 9.17) is 11.6 Å².